The van der Waals surface area contributed by atoms with Crippen LogP contribution < -0.4 is 10.6 Å². The lowest BCUT2D eigenvalue weighted by atomic mass is 9.76. The molecule has 1 aliphatic heterocycles. The third-order valence-corrected chi connectivity index (χ3v) is 5.57. The minimum Gasteiger partial charge on any atom is -0.434 e. The second-order valence-electron chi connectivity index (χ2n) is 7.09. The van der Waals surface area contributed by atoms with Crippen LogP contribution in [0, 0.1) is 17.7 Å². The molecular weight excluding hydrogens is 404 g/mol. The van der Waals surface area contributed by atoms with E-state index in [0.29, 0.717) is 5.56 Å². The van der Waals surface area contributed by atoms with Crippen LogP contribution in [0.5, 0.6) is 0 Å². The van der Waals surface area contributed by atoms with Gasteiger partial charge in [-0.3, -0.25) is 4.79 Å². The molecule has 2 atom stereocenters. The van der Waals surface area contributed by atoms with Crippen LogP contribution in [0.25, 0.3) is 0 Å². The number of carbonyl (C=O) groups is 2. The highest BCUT2D eigenvalue weighted by atomic mass is 35.5. The van der Waals surface area contributed by atoms with Gasteiger partial charge in [0.25, 0.3) is 5.91 Å². The fourth-order valence-electron chi connectivity index (χ4n) is 3.74. The molecule has 1 aromatic carbocycles. The molecule has 1 aliphatic carbocycles. The number of carbonyl (C=O) groups excluding carboxylic acids is 2. The van der Waals surface area contributed by atoms with Gasteiger partial charge in [-0.25, -0.2) is 9.18 Å². The van der Waals surface area contributed by atoms with Crippen LogP contribution in [0.3, 0.4) is 0 Å². The summed E-state index contributed by atoms with van der Waals surface area (Å²) in [6.45, 7) is 0.00236. The Morgan fingerprint density at radius 1 is 1.25 bits per heavy atom. The topological polar surface area (TPSA) is 67.4 Å². The van der Waals surface area contributed by atoms with Crippen molar-refractivity contribution in [2.75, 3.05) is 6.54 Å². The molecule has 154 valence electrons. The number of hydrogen-bond acceptors (Lipinski definition) is 3. The molecule has 10 heteroatoms. The van der Waals surface area contributed by atoms with Gasteiger partial charge in [-0.15, -0.1) is 0 Å². The van der Waals surface area contributed by atoms with Gasteiger partial charge in [-0.05, 0) is 49.3 Å². The average molecular weight is 423 g/mol. The van der Waals surface area contributed by atoms with Crippen molar-refractivity contribution < 1.29 is 31.9 Å². The molecule has 0 bridgehead atoms. The summed E-state index contributed by atoms with van der Waals surface area (Å²) in [6, 6.07) is 3.28. The van der Waals surface area contributed by atoms with Crippen LogP contribution >= 0.6 is 11.6 Å². The summed E-state index contributed by atoms with van der Waals surface area (Å²) >= 11 is 5.85. The molecule has 1 saturated carbocycles. The standard InChI is InChI=1S/C18H19ClF4N2O3/c19-12-7-10(3-6-13(12)20)15(25-16(26)14-8-24-17(27)28-14)9-1-4-11(5-2-9)18(21,22)23/h3,6-7,9,11,14-15H,1-2,4-5,8H2,(H,24,27)(H,25,26)/t9?,11?,14-,15+/m0/s1. The Kier molecular flexibility index (Phi) is 6.02. The summed E-state index contributed by atoms with van der Waals surface area (Å²) in [4.78, 5) is 23.6. The second kappa shape index (κ2) is 8.14. The number of nitrogens with one attached hydrogen (secondary N) is 2. The van der Waals surface area contributed by atoms with Gasteiger partial charge in [0.1, 0.15) is 5.82 Å². The maximum Gasteiger partial charge on any atom is 0.408 e. The van der Waals surface area contributed by atoms with Gasteiger partial charge in [-0.2, -0.15) is 13.2 Å². The molecule has 0 radical (unpaired) electrons. The minimum atomic E-state index is -4.24. The van der Waals surface area contributed by atoms with Crippen LogP contribution in [0.2, 0.25) is 5.02 Å². The van der Waals surface area contributed by atoms with Gasteiger partial charge < -0.3 is 15.4 Å². The number of amides is 2. The fourth-order valence-corrected chi connectivity index (χ4v) is 3.93. The largest absolute Gasteiger partial charge is 0.434 e. The first-order chi connectivity index (χ1) is 13.1. The smallest absolute Gasteiger partial charge is 0.408 e. The molecule has 1 aromatic rings. The number of hydrogen-bond donors (Lipinski definition) is 2. The molecule has 1 heterocycles. The Morgan fingerprint density at radius 3 is 2.46 bits per heavy atom. The highest BCUT2D eigenvalue weighted by molar-refractivity contribution is 6.30. The normalized spacial score (nSPS) is 26.3. The van der Waals surface area contributed by atoms with Crippen LogP contribution in [-0.4, -0.2) is 30.8 Å². The summed E-state index contributed by atoms with van der Waals surface area (Å²) in [5.74, 6) is -2.85. The lowest BCUT2D eigenvalue weighted by Gasteiger charge is -2.35. The van der Waals surface area contributed by atoms with Crippen LogP contribution in [-0.2, 0) is 9.53 Å². The molecule has 0 aromatic heterocycles. The molecule has 1 saturated heterocycles. The molecule has 28 heavy (non-hydrogen) atoms. The van der Waals surface area contributed by atoms with Crippen molar-refractivity contribution in [1.29, 1.82) is 0 Å². The van der Waals surface area contributed by atoms with Gasteiger partial charge in [0.05, 0.1) is 23.5 Å². The second-order valence-corrected chi connectivity index (χ2v) is 7.50. The third-order valence-electron chi connectivity index (χ3n) is 5.28. The molecule has 2 fully saturated rings. The molecule has 0 spiro atoms. The van der Waals surface area contributed by atoms with E-state index in [4.69, 9.17) is 16.3 Å². The molecule has 2 amide bonds. The highest BCUT2D eigenvalue weighted by Gasteiger charge is 2.43. The van der Waals surface area contributed by atoms with E-state index in [2.05, 4.69) is 10.6 Å². The van der Waals surface area contributed by atoms with Crippen LogP contribution in [0.15, 0.2) is 18.2 Å². The van der Waals surface area contributed by atoms with E-state index in [0.717, 1.165) is 6.07 Å². The number of alkyl carbamates (subject to hydrolysis) is 1. The van der Waals surface area contributed by atoms with Crippen molar-refractivity contribution in [3.8, 4) is 0 Å². The predicted octanol–water partition coefficient (Wildman–Crippen LogP) is 4.11. The van der Waals surface area contributed by atoms with E-state index in [-0.39, 0.29) is 43.2 Å². The van der Waals surface area contributed by atoms with Crippen molar-refractivity contribution in [3.63, 3.8) is 0 Å². The number of halogens is 5. The van der Waals surface area contributed by atoms with E-state index < -0.39 is 42.1 Å². The maximum absolute atomic E-state index is 13.5. The van der Waals surface area contributed by atoms with Crippen molar-refractivity contribution in [1.82, 2.24) is 10.6 Å². The van der Waals surface area contributed by atoms with Gasteiger partial charge in [-0.1, -0.05) is 17.7 Å². The molecule has 2 aliphatic rings. The Morgan fingerprint density at radius 2 is 1.93 bits per heavy atom. The van der Waals surface area contributed by atoms with Crippen LogP contribution in [0.1, 0.15) is 37.3 Å². The zero-order chi connectivity index (χ0) is 20.5. The lowest BCUT2D eigenvalue weighted by molar-refractivity contribution is -0.184. The Hall–Kier alpha value is -2.03. The van der Waals surface area contributed by atoms with Gasteiger partial charge in [0.15, 0.2) is 6.10 Å². The molecular formula is C18H19ClF4N2O3. The Balaban J connectivity index is 1.78. The van der Waals surface area contributed by atoms with E-state index >= 15 is 0 Å². The molecule has 5 nitrogen and oxygen atoms in total. The lowest BCUT2D eigenvalue weighted by Crippen LogP contribution is -2.42. The third kappa shape index (κ3) is 4.68. The summed E-state index contributed by atoms with van der Waals surface area (Å²) in [5, 5.41) is 4.97. The SMILES string of the molecule is O=C1NC[C@@H](C(=O)N[C@@H](c2ccc(F)c(Cl)c2)C2CCC(C(F)(F)F)CC2)O1. The number of rotatable bonds is 4. The van der Waals surface area contributed by atoms with Gasteiger partial charge in [0.2, 0.25) is 0 Å². The number of benzene rings is 1. The quantitative estimate of drug-likeness (QED) is 0.717. The Labute approximate surface area is 163 Å². The monoisotopic (exact) mass is 422 g/mol. The Bertz CT molecular complexity index is 751. The number of cyclic esters (lactones) is 1. The molecule has 3 rings (SSSR count). The predicted molar refractivity (Wildman–Crippen MR) is 92.1 cm³/mol. The average Bonchev–Trinajstić information content (AvgIpc) is 3.08. The van der Waals surface area contributed by atoms with Crippen LogP contribution in [0.4, 0.5) is 22.4 Å². The zero-order valence-corrected chi connectivity index (χ0v) is 15.4. The first kappa shape index (κ1) is 20.7. The number of alkyl halides is 3. The highest BCUT2D eigenvalue weighted by Crippen LogP contribution is 2.43. The van der Waals surface area contributed by atoms with Crippen molar-refractivity contribution in [2.45, 2.75) is 44.0 Å². The van der Waals surface area contributed by atoms with Gasteiger partial charge in [0, 0.05) is 0 Å². The van der Waals surface area contributed by atoms with E-state index in [9.17, 15) is 27.2 Å². The first-order valence-electron chi connectivity index (χ1n) is 8.91. The zero-order valence-electron chi connectivity index (χ0n) is 14.7. The minimum absolute atomic E-state index is 0.00236. The van der Waals surface area contributed by atoms with E-state index in [1.807, 2.05) is 0 Å². The molecule has 2 N–H and O–H groups in total. The number of ether oxygens (including phenoxy) is 1. The summed E-state index contributed by atoms with van der Waals surface area (Å²) in [6.07, 6.45) is -5.60. The van der Waals surface area contributed by atoms with E-state index in [1.165, 1.54) is 12.1 Å². The maximum atomic E-state index is 13.5. The fraction of sp³-hybridized carbons (Fsp3) is 0.556. The van der Waals surface area contributed by atoms with Crippen molar-refractivity contribution in [3.05, 3.63) is 34.6 Å². The summed E-state index contributed by atoms with van der Waals surface area (Å²) < 4.78 is 57.3. The van der Waals surface area contributed by atoms with Crippen molar-refractivity contribution >= 4 is 23.6 Å². The van der Waals surface area contributed by atoms with E-state index in [1.54, 1.807) is 0 Å². The first-order valence-corrected chi connectivity index (χ1v) is 9.29. The van der Waals surface area contributed by atoms with Crippen molar-refractivity contribution in [2.24, 2.45) is 11.8 Å². The summed E-state index contributed by atoms with van der Waals surface area (Å²) in [7, 11) is 0. The molecule has 0 unspecified atom stereocenters. The van der Waals surface area contributed by atoms with Gasteiger partial charge >= 0.3 is 12.3 Å². The summed E-state index contributed by atoms with van der Waals surface area (Å²) in [5.41, 5.74) is 0.493.